The maximum Gasteiger partial charge on any atom is 0.339 e. The predicted molar refractivity (Wildman–Crippen MR) is 71.5 cm³/mol. The molecule has 1 aromatic carbocycles. The molecule has 0 heterocycles. The molecule has 6 heteroatoms. The van der Waals surface area contributed by atoms with Crippen molar-refractivity contribution in [2.45, 2.75) is 20.8 Å². The number of carbonyl (C=O) groups is 2. The first-order chi connectivity index (χ1) is 8.69. The predicted octanol–water partition coefficient (Wildman–Crippen LogP) is 2.26. The number of benzene rings is 1. The summed E-state index contributed by atoms with van der Waals surface area (Å²) in [5.41, 5.74) is 0.00801. The first-order valence-electron chi connectivity index (χ1n) is 5.80. The van der Waals surface area contributed by atoms with Crippen molar-refractivity contribution in [3.8, 4) is 5.75 Å². The number of carbonyl (C=O) groups excluding carboxylic acids is 1. The Balaban J connectivity index is 2.70. The monoisotopic (exact) mass is 266 g/mol. The molecule has 1 aromatic rings. The zero-order valence-electron chi connectivity index (χ0n) is 11.2. The van der Waals surface area contributed by atoms with Gasteiger partial charge in [-0.25, -0.2) is 9.59 Å². The second kappa shape index (κ2) is 5.60. The summed E-state index contributed by atoms with van der Waals surface area (Å²) in [5, 5.41) is 23.4. The van der Waals surface area contributed by atoms with Crippen LogP contribution in [0, 0.1) is 5.41 Å². The molecule has 0 atom stereocenters. The van der Waals surface area contributed by atoms with Gasteiger partial charge in [0.05, 0.1) is 0 Å². The number of carboxylic acids is 1. The summed E-state index contributed by atoms with van der Waals surface area (Å²) in [5.74, 6) is -1.59. The van der Waals surface area contributed by atoms with Crippen molar-refractivity contribution in [2.24, 2.45) is 5.41 Å². The van der Waals surface area contributed by atoms with Gasteiger partial charge in [-0.1, -0.05) is 20.8 Å². The van der Waals surface area contributed by atoms with Crippen LogP contribution in [0.1, 0.15) is 31.1 Å². The van der Waals surface area contributed by atoms with Crippen LogP contribution in [0.3, 0.4) is 0 Å². The number of phenols is 1. The van der Waals surface area contributed by atoms with E-state index < -0.39 is 12.0 Å². The molecule has 2 amide bonds. The normalized spacial score (nSPS) is 10.9. The van der Waals surface area contributed by atoms with Gasteiger partial charge >= 0.3 is 12.0 Å². The first-order valence-corrected chi connectivity index (χ1v) is 5.80. The van der Waals surface area contributed by atoms with E-state index in [0.29, 0.717) is 12.2 Å². The van der Waals surface area contributed by atoms with Crippen LogP contribution in [0.2, 0.25) is 0 Å². The molecule has 0 saturated carbocycles. The van der Waals surface area contributed by atoms with E-state index in [4.69, 9.17) is 5.11 Å². The third kappa shape index (κ3) is 4.87. The average molecular weight is 266 g/mol. The fourth-order valence-electron chi connectivity index (χ4n) is 1.31. The van der Waals surface area contributed by atoms with Crippen molar-refractivity contribution in [3.63, 3.8) is 0 Å². The lowest BCUT2D eigenvalue weighted by Crippen LogP contribution is -2.35. The molecular weight excluding hydrogens is 248 g/mol. The third-order valence-corrected chi connectivity index (χ3v) is 2.26. The highest BCUT2D eigenvalue weighted by atomic mass is 16.4. The van der Waals surface area contributed by atoms with Crippen molar-refractivity contribution >= 4 is 17.7 Å². The highest BCUT2D eigenvalue weighted by Crippen LogP contribution is 2.21. The maximum absolute atomic E-state index is 11.6. The molecule has 104 valence electrons. The number of hydrogen-bond acceptors (Lipinski definition) is 3. The smallest absolute Gasteiger partial charge is 0.339 e. The quantitative estimate of drug-likeness (QED) is 0.630. The molecule has 0 aliphatic heterocycles. The fraction of sp³-hybridized carbons (Fsp3) is 0.385. The van der Waals surface area contributed by atoms with E-state index in [1.54, 1.807) is 0 Å². The van der Waals surface area contributed by atoms with E-state index >= 15 is 0 Å². The number of anilines is 1. The molecule has 0 bridgehead atoms. The van der Waals surface area contributed by atoms with E-state index in [1.165, 1.54) is 18.2 Å². The van der Waals surface area contributed by atoms with Gasteiger partial charge in [0.2, 0.25) is 0 Å². The van der Waals surface area contributed by atoms with Crippen molar-refractivity contribution in [3.05, 3.63) is 23.8 Å². The Morgan fingerprint density at radius 3 is 2.42 bits per heavy atom. The van der Waals surface area contributed by atoms with Gasteiger partial charge in [-0.2, -0.15) is 0 Å². The van der Waals surface area contributed by atoms with Gasteiger partial charge in [-0.05, 0) is 23.6 Å². The van der Waals surface area contributed by atoms with Gasteiger partial charge in [-0.3, -0.25) is 0 Å². The van der Waals surface area contributed by atoms with Crippen LogP contribution in [-0.4, -0.2) is 28.8 Å². The topological polar surface area (TPSA) is 98.7 Å². The number of nitrogens with one attached hydrogen (secondary N) is 2. The Morgan fingerprint density at radius 2 is 1.89 bits per heavy atom. The molecule has 0 spiro atoms. The van der Waals surface area contributed by atoms with Crippen LogP contribution in [0.25, 0.3) is 0 Å². The van der Waals surface area contributed by atoms with Crippen molar-refractivity contribution < 1.29 is 19.8 Å². The zero-order chi connectivity index (χ0) is 14.6. The minimum atomic E-state index is -1.25. The van der Waals surface area contributed by atoms with Crippen LogP contribution in [0.4, 0.5) is 10.5 Å². The van der Waals surface area contributed by atoms with Gasteiger partial charge in [0, 0.05) is 12.2 Å². The van der Waals surface area contributed by atoms with Crippen LogP contribution >= 0.6 is 0 Å². The van der Waals surface area contributed by atoms with Gasteiger partial charge in [-0.15, -0.1) is 0 Å². The molecule has 4 N–H and O–H groups in total. The van der Waals surface area contributed by atoms with Gasteiger partial charge in [0.1, 0.15) is 11.3 Å². The lowest BCUT2D eigenvalue weighted by molar-refractivity contribution is 0.0693. The average Bonchev–Trinajstić information content (AvgIpc) is 2.28. The van der Waals surface area contributed by atoms with Crippen LogP contribution in [0.15, 0.2) is 18.2 Å². The number of amides is 2. The van der Waals surface area contributed by atoms with E-state index in [0.717, 1.165) is 0 Å². The minimum absolute atomic E-state index is 0.0431. The standard InChI is InChI=1S/C13H18N2O4/c1-13(2,3)7-14-12(19)15-8-4-5-10(16)9(6-8)11(17)18/h4-6,16H,7H2,1-3H3,(H,17,18)(H2,14,15,19). The molecule has 0 unspecified atom stereocenters. The highest BCUT2D eigenvalue weighted by molar-refractivity contribution is 5.95. The van der Waals surface area contributed by atoms with E-state index in [2.05, 4.69) is 10.6 Å². The molecule has 0 aliphatic carbocycles. The summed E-state index contributed by atoms with van der Waals surface area (Å²) in [7, 11) is 0. The summed E-state index contributed by atoms with van der Waals surface area (Å²) in [6.07, 6.45) is 0. The largest absolute Gasteiger partial charge is 0.507 e. The number of carboxylic acid groups (broad SMARTS) is 1. The molecule has 0 fully saturated rings. The van der Waals surface area contributed by atoms with Gasteiger partial charge < -0.3 is 20.8 Å². The Labute approximate surface area is 111 Å². The van der Waals surface area contributed by atoms with E-state index in [1.807, 2.05) is 20.8 Å². The second-order valence-corrected chi connectivity index (χ2v) is 5.41. The third-order valence-electron chi connectivity index (χ3n) is 2.26. The Morgan fingerprint density at radius 1 is 1.26 bits per heavy atom. The molecule has 0 radical (unpaired) electrons. The minimum Gasteiger partial charge on any atom is -0.507 e. The van der Waals surface area contributed by atoms with Crippen LogP contribution < -0.4 is 10.6 Å². The lowest BCUT2D eigenvalue weighted by atomic mass is 9.97. The summed E-state index contributed by atoms with van der Waals surface area (Å²) in [4.78, 5) is 22.4. The number of hydrogen-bond donors (Lipinski definition) is 4. The fourth-order valence-corrected chi connectivity index (χ4v) is 1.31. The van der Waals surface area contributed by atoms with Gasteiger partial charge in [0.15, 0.2) is 0 Å². The number of rotatable bonds is 3. The Bertz CT molecular complexity index is 492. The molecule has 0 saturated heterocycles. The molecular formula is C13H18N2O4. The molecule has 6 nitrogen and oxygen atoms in total. The SMILES string of the molecule is CC(C)(C)CNC(=O)Nc1ccc(O)c(C(=O)O)c1. The molecule has 0 aromatic heterocycles. The van der Waals surface area contributed by atoms with Crippen LogP contribution in [-0.2, 0) is 0 Å². The lowest BCUT2D eigenvalue weighted by Gasteiger charge is -2.19. The van der Waals surface area contributed by atoms with E-state index in [-0.39, 0.29) is 16.7 Å². The van der Waals surface area contributed by atoms with Crippen molar-refractivity contribution in [1.29, 1.82) is 0 Å². The second-order valence-electron chi connectivity index (χ2n) is 5.41. The summed E-state index contributed by atoms with van der Waals surface area (Å²) in [6.45, 7) is 6.44. The Kier molecular flexibility index (Phi) is 4.37. The highest BCUT2D eigenvalue weighted by Gasteiger charge is 2.13. The first kappa shape index (κ1) is 14.8. The Hall–Kier alpha value is -2.24. The summed E-state index contributed by atoms with van der Waals surface area (Å²) >= 11 is 0. The number of aromatic hydroxyl groups is 1. The molecule has 1 rings (SSSR count). The number of aromatic carboxylic acids is 1. The number of urea groups is 1. The van der Waals surface area contributed by atoms with Gasteiger partial charge in [0.25, 0.3) is 0 Å². The zero-order valence-corrected chi connectivity index (χ0v) is 11.2. The van der Waals surface area contributed by atoms with Crippen molar-refractivity contribution in [2.75, 3.05) is 11.9 Å². The molecule has 0 aliphatic rings. The maximum atomic E-state index is 11.6. The van der Waals surface area contributed by atoms with Crippen molar-refractivity contribution in [1.82, 2.24) is 5.32 Å². The summed E-state index contributed by atoms with van der Waals surface area (Å²) in [6, 6.07) is 3.44. The van der Waals surface area contributed by atoms with E-state index in [9.17, 15) is 14.7 Å². The molecule has 19 heavy (non-hydrogen) atoms. The van der Waals surface area contributed by atoms with Crippen LogP contribution in [0.5, 0.6) is 5.75 Å². The summed E-state index contributed by atoms with van der Waals surface area (Å²) < 4.78 is 0.